The molecule has 0 radical (unpaired) electrons. The van der Waals surface area contributed by atoms with Crippen molar-refractivity contribution in [3.05, 3.63) is 24.2 Å². The first-order valence-corrected chi connectivity index (χ1v) is 5.11. The van der Waals surface area contributed by atoms with Crippen LogP contribution in [-0.2, 0) is 4.74 Å². The van der Waals surface area contributed by atoms with Crippen molar-refractivity contribution in [1.82, 2.24) is 10.3 Å². The van der Waals surface area contributed by atoms with Crippen LogP contribution in [0.1, 0.15) is 11.8 Å². The van der Waals surface area contributed by atoms with Gasteiger partial charge in [-0.05, 0) is 19.2 Å². The number of hydrazine groups is 1. The van der Waals surface area contributed by atoms with E-state index in [-0.39, 0.29) is 12.1 Å². The van der Waals surface area contributed by atoms with Crippen LogP contribution < -0.4 is 11.3 Å². The molecular weight excluding hydrogens is 194 g/mol. The molecule has 1 aliphatic rings. The standard InChI is InChI=1S/C10H17N3O2/c1-13-4-6-15-9(7-13)10(12-11)8-3-2-5-14-8/h2-3,5,9-10,12H,4,6-7,11H2,1H3. The van der Waals surface area contributed by atoms with Crippen molar-refractivity contribution < 1.29 is 9.15 Å². The van der Waals surface area contributed by atoms with Gasteiger partial charge in [-0.15, -0.1) is 0 Å². The summed E-state index contributed by atoms with van der Waals surface area (Å²) in [6, 6.07) is 3.68. The van der Waals surface area contributed by atoms with E-state index in [1.807, 2.05) is 12.1 Å². The fourth-order valence-corrected chi connectivity index (χ4v) is 1.85. The third-order valence-electron chi connectivity index (χ3n) is 2.70. The van der Waals surface area contributed by atoms with Crippen LogP contribution in [0.15, 0.2) is 22.8 Å². The molecule has 2 unspecified atom stereocenters. The molecule has 1 fully saturated rings. The van der Waals surface area contributed by atoms with Crippen LogP contribution in [0.2, 0.25) is 0 Å². The maximum absolute atomic E-state index is 5.68. The number of hydrogen-bond acceptors (Lipinski definition) is 5. The van der Waals surface area contributed by atoms with Crippen molar-refractivity contribution in [2.45, 2.75) is 12.1 Å². The van der Waals surface area contributed by atoms with Gasteiger partial charge < -0.3 is 14.1 Å². The maximum atomic E-state index is 5.68. The number of nitrogens with one attached hydrogen (secondary N) is 1. The van der Waals surface area contributed by atoms with Crippen molar-refractivity contribution in [3.8, 4) is 0 Å². The van der Waals surface area contributed by atoms with Gasteiger partial charge in [-0.2, -0.15) is 0 Å². The lowest BCUT2D eigenvalue weighted by Crippen LogP contribution is -2.48. The van der Waals surface area contributed by atoms with Crippen LogP contribution in [0.25, 0.3) is 0 Å². The molecule has 0 saturated carbocycles. The van der Waals surface area contributed by atoms with Gasteiger partial charge in [0.05, 0.1) is 19.0 Å². The molecule has 15 heavy (non-hydrogen) atoms. The Hall–Kier alpha value is -0.880. The Morgan fingerprint density at radius 1 is 1.67 bits per heavy atom. The largest absolute Gasteiger partial charge is 0.468 e. The summed E-state index contributed by atoms with van der Waals surface area (Å²) in [4.78, 5) is 2.22. The first-order chi connectivity index (χ1) is 7.31. The second kappa shape index (κ2) is 4.76. The van der Waals surface area contributed by atoms with Gasteiger partial charge in [0, 0.05) is 13.1 Å². The van der Waals surface area contributed by atoms with Crippen LogP contribution in [-0.4, -0.2) is 37.7 Å². The summed E-state index contributed by atoms with van der Waals surface area (Å²) in [5.74, 6) is 6.35. The van der Waals surface area contributed by atoms with E-state index in [0.717, 1.165) is 25.5 Å². The zero-order valence-electron chi connectivity index (χ0n) is 8.85. The van der Waals surface area contributed by atoms with Crippen LogP contribution >= 0.6 is 0 Å². The quantitative estimate of drug-likeness (QED) is 0.549. The van der Waals surface area contributed by atoms with Gasteiger partial charge >= 0.3 is 0 Å². The van der Waals surface area contributed by atoms with E-state index >= 15 is 0 Å². The summed E-state index contributed by atoms with van der Waals surface area (Å²) >= 11 is 0. The minimum absolute atomic E-state index is 0.0416. The highest BCUT2D eigenvalue weighted by atomic mass is 16.5. The molecule has 84 valence electrons. The minimum Gasteiger partial charge on any atom is -0.468 e. The molecule has 5 heteroatoms. The Balaban J connectivity index is 2.06. The van der Waals surface area contributed by atoms with E-state index in [9.17, 15) is 0 Å². The summed E-state index contributed by atoms with van der Waals surface area (Å²) in [5.41, 5.74) is 2.75. The van der Waals surface area contributed by atoms with Crippen molar-refractivity contribution in [1.29, 1.82) is 0 Å². The predicted molar refractivity (Wildman–Crippen MR) is 56.0 cm³/mol. The molecule has 0 amide bonds. The summed E-state index contributed by atoms with van der Waals surface area (Å²) in [7, 11) is 2.07. The maximum Gasteiger partial charge on any atom is 0.124 e. The molecule has 5 nitrogen and oxygen atoms in total. The Morgan fingerprint density at radius 3 is 3.13 bits per heavy atom. The Morgan fingerprint density at radius 2 is 2.53 bits per heavy atom. The molecule has 2 heterocycles. The summed E-state index contributed by atoms with van der Waals surface area (Å²) in [6.45, 7) is 2.56. The van der Waals surface area contributed by atoms with E-state index < -0.39 is 0 Å². The average molecular weight is 211 g/mol. The summed E-state index contributed by atoms with van der Waals surface area (Å²) < 4.78 is 11.0. The van der Waals surface area contributed by atoms with Crippen LogP contribution in [0.5, 0.6) is 0 Å². The third kappa shape index (κ3) is 2.38. The topological polar surface area (TPSA) is 63.7 Å². The Labute approximate surface area is 89.1 Å². The number of likely N-dealkylation sites (N-methyl/N-ethyl adjacent to an activating group) is 1. The van der Waals surface area contributed by atoms with Gasteiger partial charge in [0.2, 0.25) is 0 Å². The van der Waals surface area contributed by atoms with E-state index in [0.29, 0.717) is 0 Å². The van der Waals surface area contributed by atoms with Crippen molar-refractivity contribution >= 4 is 0 Å². The van der Waals surface area contributed by atoms with Crippen molar-refractivity contribution in [2.24, 2.45) is 5.84 Å². The van der Waals surface area contributed by atoms with E-state index in [4.69, 9.17) is 15.0 Å². The van der Waals surface area contributed by atoms with Crippen LogP contribution in [0.4, 0.5) is 0 Å². The van der Waals surface area contributed by atoms with E-state index in [2.05, 4.69) is 17.4 Å². The fraction of sp³-hybridized carbons (Fsp3) is 0.600. The Bertz CT molecular complexity index is 289. The SMILES string of the molecule is CN1CCOC(C(NN)c2ccco2)C1. The molecule has 0 aromatic carbocycles. The lowest BCUT2D eigenvalue weighted by atomic mass is 10.1. The van der Waals surface area contributed by atoms with Gasteiger partial charge in [-0.1, -0.05) is 0 Å². The van der Waals surface area contributed by atoms with Crippen LogP contribution in [0, 0.1) is 0 Å². The average Bonchev–Trinajstić information content (AvgIpc) is 2.72. The minimum atomic E-state index is -0.0808. The third-order valence-corrected chi connectivity index (χ3v) is 2.70. The number of ether oxygens (including phenoxy) is 1. The second-order valence-corrected chi connectivity index (χ2v) is 3.83. The van der Waals surface area contributed by atoms with E-state index in [1.165, 1.54) is 0 Å². The zero-order chi connectivity index (χ0) is 10.7. The van der Waals surface area contributed by atoms with Gasteiger partial charge in [0.25, 0.3) is 0 Å². The number of hydrogen-bond donors (Lipinski definition) is 2. The molecule has 2 atom stereocenters. The van der Waals surface area contributed by atoms with Crippen molar-refractivity contribution in [3.63, 3.8) is 0 Å². The van der Waals surface area contributed by atoms with Gasteiger partial charge in [-0.25, -0.2) is 5.43 Å². The number of furan rings is 1. The summed E-state index contributed by atoms with van der Waals surface area (Å²) in [5, 5.41) is 0. The molecule has 0 aliphatic carbocycles. The zero-order valence-corrected chi connectivity index (χ0v) is 8.85. The number of nitrogens with two attached hydrogens (primary N) is 1. The normalized spacial score (nSPS) is 25.3. The molecule has 3 N–H and O–H groups in total. The van der Waals surface area contributed by atoms with Crippen LogP contribution in [0.3, 0.4) is 0 Å². The highest BCUT2D eigenvalue weighted by Gasteiger charge is 2.28. The molecule has 1 aliphatic heterocycles. The molecule has 1 saturated heterocycles. The molecule has 0 bridgehead atoms. The highest BCUT2D eigenvalue weighted by Crippen LogP contribution is 2.21. The van der Waals surface area contributed by atoms with Gasteiger partial charge in [0.15, 0.2) is 0 Å². The lowest BCUT2D eigenvalue weighted by Gasteiger charge is -2.33. The molecule has 0 spiro atoms. The first-order valence-electron chi connectivity index (χ1n) is 5.11. The monoisotopic (exact) mass is 211 g/mol. The smallest absolute Gasteiger partial charge is 0.124 e. The number of morpholine rings is 1. The lowest BCUT2D eigenvalue weighted by molar-refractivity contribution is -0.0427. The molecule has 1 aromatic heterocycles. The first kappa shape index (κ1) is 10.6. The highest BCUT2D eigenvalue weighted by molar-refractivity contribution is 5.07. The molecular formula is C10H17N3O2. The fourth-order valence-electron chi connectivity index (χ4n) is 1.85. The summed E-state index contributed by atoms with van der Waals surface area (Å²) in [6.07, 6.45) is 1.69. The Kier molecular flexibility index (Phi) is 3.37. The van der Waals surface area contributed by atoms with Gasteiger partial charge in [-0.3, -0.25) is 5.84 Å². The molecule has 2 rings (SSSR count). The number of rotatable bonds is 3. The number of nitrogens with zero attached hydrogens (tertiary/aromatic N) is 1. The predicted octanol–water partition coefficient (Wildman–Crippen LogP) is 0.115. The van der Waals surface area contributed by atoms with E-state index in [1.54, 1.807) is 6.26 Å². The van der Waals surface area contributed by atoms with Crippen molar-refractivity contribution in [2.75, 3.05) is 26.7 Å². The molecule has 1 aromatic rings. The van der Waals surface area contributed by atoms with Gasteiger partial charge in [0.1, 0.15) is 11.8 Å². The second-order valence-electron chi connectivity index (χ2n) is 3.83.